The van der Waals surface area contributed by atoms with E-state index < -0.39 is 58.5 Å². The van der Waals surface area contributed by atoms with Crippen LogP contribution in [0.4, 0.5) is 0 Å². The van der Waals surface area contributed by atoms with Crippen molar-refractivity contribution in [1.29, 1.82) is 0 Å². The van der Waals surface area contributed by atoms with Crippen molar-refractivity contribution in [3.05, 3.63) is 0 Å². The summed E-state index contributed by atoms with van der Waals surface area (Å²) in [6.07, 6.45) is 0. The van der Waals surface area contributed by atoms with Crippen LogP contribution in [0.15, 0.2) is 0 Å². The van der Waals surface area contributed by atoms with Crippen LogP contribution in [0.5, 0.6) is 0 Å². The van der Waals surface area contributed by atoms with Crippen LogP contribution in [-0.4, -0.2) is 46.6 Å². The molecule has 0 aromatic carbocycles. The summed E-state index contributed by atoms with van der Waals surface area (Å²) in [5.41, 5.74) is 0. The van der Waals surface area contributed by atoms with Gasteiger partial charge in [0.1, 0.15) is 46.9 Å². The molecule has 141 valence electrons. The Labute approximate surface area is 156 Å². The molecule has 0 unspecified atom stereocenters. The molecule has 0 aromatic rings. The van der Waals surface area contributed by atoms with E-state index in [9.17, 15) is 48.6 Å². The van der Waals surface area contributed by atoms with Gasteiger partial charge in [-0.05, 0) is 27.7 Å². The molecule has 0 bridgehead atoms. The van der Waals surface area contributed by atoms with E-state index in [1.54, 1.807) is 0 Å². The number of carboxylic acid groups (broad SMARTS) is 2. The van der Waals surface area contributed by atoms with Crippen molar-refractivity contribution in [3.8, 4) is 0 Å². The number of carbonyl (C=O) groups excluding carboxylic acids is 8. The summed E-state index contributed by atoms with van der Waals surface area (Å²) in [5.74, 6) is -13.5. The Morgan fingerprint density at radius 2 is 0.692 bits per heavy atom. The summed E-state index contributed by atoms with van der Waals surface area (Å²) >= 11 is 1.06. The number of hydrogen-bond donors (Lipinski definition) is 0. The van der Waals surface area contributed by atoms with Gasteiger partial charge in [0.15, 0.2) is 11.6 Å². The fourth-order valence-electron chi connectivity index (χ4n) is 1.55. The van der Waals surface area contributed by atoms with Crippen molar-refractivity contribution >= 4 is 46.6 Å². The van der Waals surface area contributed by atoms with Crippen molar-refractivity contribution < 1.29 is 69.6 Å². The molecule has 0 aliphatic carbocycles. The van der Waals surface area contributed by atoms with Crippen molar-refractivity contribution in [2.24, 2.45) is 11.8 Å². The number of rotatable bonds is 8. The van der Waals surface area contributed by atoms with E-state index in [0.29, 0.717) is 0 Å². The average molecular weight is 409 g/mol. The van der Waals surface area contributed by atoms with Gasteiger partial charge in [0.2, 0.25) is 0 Å². The van der Waals surface area contributed by atoms with Crippen LogP contribution in [0.1, 0.15) is 27.7 Å². The summed E-state index contributed by atoms with van der Waals surface area (Å²) < 4.78 is 8.19. The van der Waals surface area contributed by atoms with Crippen LogP contribution in [0, 0.1) is 11.8 Å². The molecular weight excluding hydrogens is 395 g/mol. The zero-order valence-corrected chi connectivity index (χ0v) is 15.5. The SMILES string of the molecule is CC(=O)C(C(C)=O)C(=O)C(=O)[O-].CC(=O)C(C(C)=O)C(=O)C(=O)[O-].[O]=[V+2]. The van der Waals surface area contributed by atoms with E-state index in [1.165, 1.54) is 0 Å². The molecule has 0 aliphatic rings. The van der Waals surface area contributed by atoms with Crippen LogP contribution in [-0.2, 0) is 59.4 Å². The number of hydrogen-bond acceptors (Lipinski definition) is 11. The van der Waals surface area contributed by atoms with Crippen molar-refractivity contribution in [2.45, 2.75) is 27.7 Å². The first-order valence-electron chi connectivity index (χ1n) is 6.46. The molecule has 0 amide bonds. The Kier molecular flexibility index (Phi) is 14.7. The van der Waals surface area contributed by atoms with Crippen molar-refractivity contribution in [1.82, 2.24) is 0 Å². The third kappa shape index (κ3) is 10.3. The van der Waals surface area contributed by atoms with Gasteiger partial charge in [-0.15, -0.1) is 0 Å². The molecule has 0 fully saturated rings. The second-order valence-electron chi connectivity index (χ2n) is 4.61. The molecule has 11 nitrogen and oxygen atoms in total. The zero-order valence-electron chi connectivity index (χ0n) is 14.1. The second-order valence-corrected chi connectivity index (χ2v) is 4.61. The Bertz CT molecular complexity index is 553. The van der Waals surface area contributed by atoms with Crippen LogP contribution in [0.3, 0.4) is 0 Å². The van der Waals surface area contributed by atoms with E-state index in [0.717, 1.165) is 45.1 Å². The molecule has 0 saturated carbocycles. The maximum atomic E-state index is 10.6. The summed E-state index contributed by atoms with van der Waals surface area (Å²) in [4.78, 5) is 83.6. The summed E-state index contributed by atoms with van der Waals surface area (Å²) in [6, 6.07) is 0. The third-order valence-corrected chi connectivity index (χ3v) is 2.55. The van der Waals surface area contributed by atoms with Crippen LogP contribution >= 0.6 is 0 Å². The first-order valence-corrected chi connectivity index (χ1v) is 7.03. The van der Waals surface area contributed by atoms with Gasteiger partial charge in [-0.1, -0.05) is 0 Å². The number of carbonyl (C=O) groups is 8. The van der Waals surface area contributed by atoms with Crippen molar-refractivity contribution in [3.63, 3.8) is 0 Å². The fourth-order valence-corrected chi connectivity index (χ4v) is 1.55. The number of carboxylic acids is 2. The molecule has 0 aliphatic heterocycles. The van der Waals surface area contributed by atoms with Crippen LogP contribution < -0.4 is 10.2 Å². The molecule has 26 heavy (non-hydrogen) atoms. The molecule has 0 aromatic heterocycles. The topological polar surface area (TPSA) is 200 Å². The van der Waals surface area contributed by atoms with E-state index in [1.807, 2.05) is 0 Å². The van der Waals surface area contributed by atoms with E-state index in [2.05, 4.69) is 0 Å². The third-order valence-electron chi connectivity index (χ3n) is 2.55. The standard InChI is InChI=1S/2C7H8O5.O.V/c2*1-3(8)5(4(2)9)6(10)7(11)12;;/h2*5H,1-2H3,(H,11,12);;/q;;;+2/p-2. The van der Waals surface area contributed by atoms with Gasteiger partial charge in [0.25, 0.3) is 0 Å². The molecule has 0 saturated heterocycles. The van der Waals surface area contributed by atoms with E-state index in [-0.39, 0.29) is 0 Å². The summed E-state index contributed by atoms with van der Waals surface area (Å²) in [5, 5.41) is 20.0. The molecule has 12 heteroatoms. The minimum absolute atomic E-state index is 0.781. The number of aliphatic carboxylic acids is 2. The molecule has 0 radical (unpaired) electrons. The fraction of sp³-hybridized carbons (Fsp3) is 0.429. The normalized spacial score (nSPS) is 9.08. The van der Waals surface area contributed by atoms with E-state index >= 15 is 0 Å². The molecule has 0 spiro atoms. The second kappa shape index (κ2) is 13.6. The Hall–Kier alpha value is -2.66. The van der Waals surface area contributed by atoms with Gasteiger partial charge in [-0.3, -0.25) is 28.8 Å². The van der Waals surface area contributed by atoms with E-state index in [4.69, 9.17) is 3.67 Å². The minimum atomic E-state index is -2.01. The first kappa shape index (κ1) is 28.2. The van der Waals surface area contributed by atoms with Crippen molar-refractivity contribution in [2.75, 3.05) is 0 Å². The molecule has 0 rings (SSSR count). The predicted octanol–water partition coefficient (Wildman–Crippen LogP) is -3.92. The molecule has 0 N–H and O–H groups in total. The van der Waals surface area contributed by atoms with Gasteiger partial charge >= 0.3 is 21.0 Å². The molecule has 0 heterocycles. The van der Waals surface area contributed by atoms with Gasteiger partial charge in [-0.2, -0.15) is 0 Å². The monoisotopic (exact) mass is 409 g/mol. The number of Topliss-reactive ketones (excluding diaryl/α,β-unsaturated/α-hetero) is 6. The Balaban J connectivity index is -0.000000371. The zero-order chi connectivity index (χ0) is 21.8. The summed E-state index contributed by atoms with van der Waals surface area (Å²) in [7, 11) is 0. The number of ketones is 6. The molecular formula is C14H14O11V. The first-order chi connectivity index (χ1) is 11.7. The average Bonchev–Trinajstić information content (AvgIpc) is 2.48. The Morgan fingerprint density at radius 1 is 0.538 bits per heavy atom. The van der Waals surface area contributed by atoms with Crippen LogP contribution in [0.25, 0.3) is 0 Å². The van der Waals surface area contributed by atoms with Gasteiger partial charge in [-0.25, -0.2) is 0 Å². The Morgan fingerprint density at radius 3 is 0.731 bits per heavy atom. The van der Waals surface area contributed by atoms with Gasteiger partial charge in [0.05, 0.1) is 0 Å². The van der Waals surface area contributed by atoms with Crippen LogP contribution in [0.2, 0.25) is 0 Å². The van der Waals surface area contributed by atoms with Gasteiger partial charge in [0, 0.05) is 0 Å². The maximum absolute atomic E-state index is 10.6. The quantitative estimate of drug-likeness (QED) is 0.280. The summed E-state index contributed by atoms with van der Waals surface area (Å²) in [6.45, 7) is 3.92. The molecule has 0 atom stereocenters. The predicted molar refractivity (Wildman–Crippen MR) is 70.4 cm³/mol. The van der Waals surface area contributed by atoms with Gasteiger partial charge < -0.3 is 19.8 Å².